The van der Waals surface area contributed by atoms with E-state index in [1.807, 2.05) is 0 Å². The van der Waals surface area contributed by atoms with Gasteiger partial charge in [-0.1, -0.05) is 17.7 Å². The van der Waals surface area contributed by atoms with Gasteiger partial charge >= 0.3 is 0 Å². The van der Waals surface area contributed by atoms with Crippen LogP contribution in [0.5, 0.6) is 0 Å². The molecule has 0 aliphatic heterocycles. The second-order valence-corrected chi connectivity index (χ2v) is 4.73. The molecule has 2 aromatic carbocycles. The van der Waals surface area contributed by atoms with Crippen LogP contribution in [0.4, 0.5) is 13.2 Å². The second kappa shape index (κ2) is 6.26. The van der Waals surface area contributed by atoms with E-state index in [1.54, 1.807) is 0 Å². The lowest BCUT2D eigenvalue weighted by Gasteiger charge is -2.18. The summed E-state index contributed by atoms with van der Waals surface area (Å²) in [6, 6.07) is 6.45. The van der Waals surface area contributed by atoms with Crippen molar-refractivity contribution < 1.29 is 13.2 Å². The van der Waals surface area contributed by atoms with Crippen LogP contribution in [-0.2, 0) is 6.42 Å². The highest BCUT2D eigenvalue weighted by Crippen LogP contribution is 2.27. The second-order valence-electron chi connectivity index (χ2n) is 4.32. The molecule has 0 aliphatic rings. The minimum absolute atomic E-state index is 0.0887. The van der Waals surface area contributed by atoms with Crippen molar-refractivity contribution >= 4 is 11.6 Å². The van der Waals surface area contributed by atoms with Gasteiger partial charge in [0, 0.05) is 5.02 Å². The van der Waals surface area contributed by atoms with Crippen LogP contribution >= 0.6 is 11.6 Å². The smallest absolute Gasteiger partial charge is 0.126 e. The van der Waals surface area contributed by atoms with Gasteiger partial charge in [0.1, 0.15) is 17.5 Å². The average molecular weight is 301 g/mol. The molecule has 2 rings (SSSR count). The zero-order chi connectivity index (χ0) is 14.7. The number of hydrogen-bond donors (Lipinski definition) is 2. The van der Waals surface area contributed by atoms with Crippen molar-refractivity contribution in [2.75, 3.05) is 0 Å². The summed E-state index contributed by atoms with van der Waals surface area (Å²) in [4.78, 5) is 0. The highest BCUT2D eigenvalue weighted by molar-refractivity contribution is 6.31. The molecule has 1 unspecified atom stereocenters. The molecule has 3 N–H and O–H groups in total. The Labute approximate surface area is 119 Å². The molecule has 2 aromatic rings. The molecule has 0 aromatic heterocycles. The van der Waals surface area contributed by atoms with Crippen molar-refractivity contribution in [1.82, 2.24) is 5.43 Å². The van der Waals surface area contributed by atoms with Gasteiger partial charge in [0.2, 0.25) is 0 Å². The van der Waals surface area contributed by atoms with Crippen LogP contribution in [0, 0.1) is 17.5 Å². The van der Waals surface area contributed by atoms with Crippen molar-refractivity contribution in [2.24, 2.45) is 5.84 Å². The van der Waals surface area contributed by atoms with Gasteiger partial charge in [-0.3, -0.25) is 11.3 Å². The fourth-order valence-electron chi connectivity index (χ4n) is 1.96. The standard InChI is InChI=1S/C14H12ClF3N2/c15-12-7-10(17)1-3-11(12)14(20-19)6-8-5-9(16)2-4-13(8)18/h1-5,7,14,20H,6,19H2. The van der Waals surface area contributed by atoms with Gasteiger partial charge in [-0.05, 0) is 47.9 Å². The molecule has 0 spiro atoms. The maximum atomic E-state index is 13.6. The van der Waals surface area contributed by atoms with E-state index in [2.05, 4.69) is 5.43 Å². The number of hydrogen-bond acceptors (Lipinski definition) is 2. The van der Waals surface area contributed by atoms with Gasteiger partial charge in [0.15, 0.2) is 0 Å². The molecule has 1 atom stereocenters. The van der Waals surface area contributed by atoms with Crippen molar-refractivity contribution in [3.8, 4) is 0 Å². The third-order valence-corrected chi connectivity index (χ3v) is 3.30. The molecule has 20 heavy (non-hydrogen) atoms. The number of rotatable bonds is 4. The third-order valence-electron chi connectivity index (χ3n) is 2.97. The molecule has 0 radical (unpaired) electrons. The molecule has 0 amide bonds. The zero-order valence-electron chi connectivity index (χ0n) is 10.3. The lowest BCUT2D eigenvalue weighted by Crippen LogP contribution is -2.30. The summed E-state index contributed by atoms with van der Waals surface area (Å²) in [7, 11) is 0. The molecule has 0 aliphatic carbocycles. The highest BCUT2D eigenvalue weighted by Gasteiger charge is 2.17. The van der Waals surface area contributed by atoms with Crippen LogP contribution < -0.4 is 11.3 Å². The summed E-state index contributed by atoms with van der Waals surface area (Å²) >= 11 is 5.94. The van der Waals surface area contributed by atoms with Crippen molar-refractivity contribution in [3.63, 3.8) is 0 Å². The normalized spacial score (nSPS) is 12.4. The summed E-state index contributed by atoms with van der Waals surface area (Å²) in [6.07, 6.45) is 0.0887. The van der Waals surface area contributed by atoms with Gasteiger partial charge in [-0.15, -0.1) is 0 Å². The largest absolute Gasteiger partial charge is 0.271 e. The fraction of sp³-hybridized carbons (Fsp3) is 0.143. The van der Waals surface area contributed by atoms with E-state index in [4.69, 9.17) is 17.4 Å². The first kappa shape index (κ1) is 14.8. The van der Waals surface area contributed by atoms with E-state index in [-0.39, 0.29) is 17.0 Å². The number of benzene rings is 2. The first-order valence-electron chi connectivity index (χ1n) is 5.86. The molecule has 0 saturated carbocycles. The molecule has 0 heterocycles. The van der Waals surface area contributed by atoms with E-state index in [0.717, 1.165) is 24.3 Å². The Hall–Kier alpha value is -1.56. The minimum atomic E-state index is -0.556. The number of halogens is 4. The van der Waals surface area contributed by atoms with E-state index in [0.29, 0.717) is 5.56 Å². The van der Waals surface area contributed by atoms with Crippen LogP contribution in [0.25, 0.3) is 0 Å². The molecular formula is C14H12ClF3N2. The average Bonchev–Trinajstić information content (AvgIpc) is 2.40. The monoisotopic (exact) mass is 300 g/mol. The quantitative estimate of drug-likeness (QED) is 0.670. The molecule has 6 heteroatoms. The SMILES string of the molecule is NNC(Cc1cc(F)ccc1F)c1ccc(F)cc1Cl. The van der Waals surface area contributed by atoms with Crippen LogP contribution in [0.2, 0.25) is 5.02 Å². The lowest BCUT2D eigenvalue weighted by molar-refractivity contribution is 0.521. The predicted octanol–water partition coefficient (Wildman–Crippen LogP) is 3.50. The van der Waals surface area contributed by atoms with Crippen LogP contribution in [0.3, 0.4) is 0 Å². The van der Waals surface area contributed by atoms with Gasteiger partial charge in [0.25, 0.3) is 0 Å². The van der Waals surface area contributed by atoms with Gasteiger partial charge in [-0.2, -0.15) is 0 Å². The van der Waals surface area contributed by atoms with Gasteiger partial charge in [-0.25, -0.2) is 13.2 Å². The molecule has 0 saturated heterocycles. The summed E-state index contributed by atoms with van der Waals surface area (Å²) in [6.45, 7) is 0. The van der Waals surface area contributed by atoms with Gasteiger partial charge in [0.05, 0.1) is 6.04 Å². The Morgan fingerprint density at radius 1 is 1.05 bits per heavy atom. The Morgan fingerprint density at radius 2 is 1.70 bits per heavy atom. The topological polar surface area (TPSA) is 38.0 Å². The Balaban J connectivity index is 2.31. The Morgan fingerprint density at radius 3 is 2.35 bits per heavy atom. The van der Waals surface area contributed by atoms with E-state index >= 15 is 0 Å². The molecular weight excluding hydrogens is 289 g/mol. The summed E-state index contributed by atoms with van der Waals surface area (Å²) in [5.74, 6) is 3.87. The van der Waals surface area contributed by atoms with E-state index in [9.17, 15) is 13.2 Å². The maximum Gasteiger partial charge on any atom is 0.126 e. The van der Waals surface area contributed by atoms with E-state index in [1.165, 1.54) is 12.1 Å². The third kappa shape index (κ3) is 3.30. The van der Waals surface area contributed by atoms with Crippen LogP contribution in [0.15, 0.2) is 36.4 Å². The minimum Gasteiger partial charge on any atom is -0.271 e. The lowest BCUT2D eigenvalue weighted by atomic mass is 9.99. The molecule has 0 bridgehead atoms. The molecule has 0 fully saturated rings. The van der Waals surface area contributed by atoms with Gasteiger partial charge < -0.3 is 0 Å². The summed E-state index contributed by atoms with van der Waals surface area (Å²) < 4.78 is 39.8. The van der Waals surface area contributed by atoms with Crippen molar-refractivity contribution in [3.05, 3.63) is 70.0 Å². The molecule has 2 nitrogen and oxygen atoms in total. The van der Waals surface area contributed by atoms with Crippen molar-refractivity contribution in [2.45, 2.75) is 12.5 Å². The first-order chi connectivity index (χ1) is 9.51. The number of nitrogens with one attached hydrogen (secondary N) is 1. The predicted molar refractivity (Wildman–Crippen MR) is 71.5 cm³/mol. The zero-order valence-corrected chi connectivity index (χ0v) is 11.1. The first-order valence-corrected chi connectivity index (χ1v) is 6.24. The summed E-state index contributed by atoms with van der Waals surface area (Å²) in [5, 5.41) is 0.171. The summed E-state index contributed by atoms with van der Waals surface area (Å²) in [5.41, 5.74) is 3.15. The fourth-order valence-corrected chi connectivity index (χ4v) is 2.26. The van der Waals surface area contributed by atoms with Crippen LogP contribution in [0.1, 0.15) is 17.2 Å². The maximum absolute atomic E-state index is 13.6. The Kier molecular flexibility index (Phi) is 4.65. The van der Waals surface area contributed by atoms with E-state index < -0.39 is 23.5 Å². The van der Waals surface area contributed by atoms with Crippen LogP contribution in [-0.4, -0.2) is 0 Å². The number of nitrogens with two attached hydrogens (primary N) is 1. The highest BCUT2D eigenvalue weighted by atomic mass is 35.5. The number of hydrazine groups is 1. The Bertz CT molecular complexity index is 619. The molecule has 106 valence electrons. The van der Waals surface area contributed by atoms with Crippen molar-refractivity contribution in [1.29, 1.82) is 0 Å².